The van der Waals surface area contributed by atoms with E-state index < -0.39 is 0 Å². The highest BCUT2D eigenvalue weighted by atomic mass is 32.2. The molecule has 1 aliphatic rings. The molecular weight excluding hydrogens is 395 g/mol. The van der Waals surface area contributed by atoms with E-state index in [4.69, 9.17) is 4.74 Å². The third-order valence-corrected chi connectivity index (χ3v) is 6.25. The molecule has 2 aromatic carbocycles. The molecule has 2 heterocycles. The van der Waals surface area contributed by atoms with Gasteiger partial charge in [-0.1, -0.05) is 30.0 Å². The van der Waals surface area contributed by atoms with Crippen LogP contribution < -0.4 is 4.90 Å². The van der Waals surface area contributed by atoms with E-state index in [0.717, 1.165) is 35.6 Å². The predicted molar refractivity (Wildman–Crippen MR) is 112 cm³/mol. The summed E-state index contributed by atoms with van der Waals surface area (Å²) in [5, 5.41) is 9.59. The van der Waals surface area contributed by atoms with E-state index in [-0.39, 0.29) is 5.82 Å². The summed E-state index contributed by atoms with van der Waals surface area (Å²) in [4.78, 5) is 3.38. The average Bonchev–Trinajstić information content (AvgIpc) is 3.17. The third kappa shape index (κ3) is 4.34. The van der Waals surface area contributed by atoms with Gasteiger partial charge in [0.15, 0.2) is 5.16 Å². The summed E-state index contributed by atoms with van der Waals surface area (Å²) in [5.41, 5.74) is 1.94. The van der Waals surface area contributed by atoms with Crippen LogP contribution >= 0.6 is 23.5 Å². The van der Waals surface area contributed by atoms with Crippen molar-refractivity contribution < 1.29 is 9.13 Å². The Kier molecular flexibility index (Phi) is 6.19. The summed E-state index contributed by atoms with van der Waals surface area (Å²) in [6, 6.07) is 15.1. The number of ether oxygens (including phenoxy) is 1. The van der Waals surface area contributed by atoms with E-state index in [2.05, 4.69) is 45.6 Å². The zero-order valence-corrected chi connectivity index (χ0v) is 17.2. The molecule has 0 unspecified atom stereocenters. The fourth-order valence-electron chi connectivity index (χ4n) is 3.03. The van der Waals surface area contributed by atoms with E-state index in [1.165, 1.54) is 22.6 Å². The van der Waals surface area contributed by atoms with Crippen molar-refractivity contribution in [1.82, 2.24) is 14.8 Å². The Balaban J connectivity index is 1.63. The molecule has 1 aromatic heterocycles. The van der Waals surface area contributed by atoms with Gasteiger partial charge in [0.2, 0.25) is 5.95 Å². The SMILES string of the molecule is CSc1ccc(CSc2nnc(N3CCOCC3)n2-c2cccc(F)c2)cc1. The van der Waals surface area contributed by atoms with Gasteiger partial charge in [0.1, 0.15) is 5.82 Å². The minimum Gasteiger partial charge on any atom is -0.378 e. The summed E-state index contributed by atoms with van der Waals surface area (Å²) >= 11 is 3.33. The fourth-order valence-corrected chi connectivity index (χ4v) is 4.35. The first-order chi connectivity index (χ1) is 13.7. The van der Waals surface area contributed by atoms with Crippen molar-refractivity contribution >= 4 is 29.5 Å². The maximum Gasteiger partial charge on any atom is 0.232 e. The van der Waals surface area contributed by atoms with Gasteiger partial charge < -0.3 is 9.64 Å². The highest BCUT2D eigenvalue weighted by Gasteiger charge is 2.22. The summed E-state index contributed by atoms with van der Waals surface area (Å²) in [5.74, 6) is 1.22. The van der Waals surface area contributed by atoms with Crippen LogP contribution in [0.2, 0.25) is 0 Å². The maximum absolute atomic E-state index is 13.9. The average molecular weight is 417 g/mol. The molecule has 0 radical (unpaired) electrons. The number of benzene rings is 2. The summed E-state index contributed by atoms with van der Waals surface area (Å²) < 4.78 is 21.3. The van der Waals surface area contributed by atoms with Crippen molar-refractivity contribution in [3.05, 3.63) is 59.9 Å². The number of hydrogen-bond donors (Lipinski definition) is 0. The van der Waals surface area contributed by atoms with Gasteiger partial charge in [-0.3, -0.25) is 4.57 Å². The van der Waals surface area contributed by atoms with Crippen LogP contribution in [0.4, 0.5) is 10.3 Å². The number of rotatable bonds is 6. The van der Waals surface area contributed by atoms with E-state index >= 15 is 0 Å². The Morgan fingerprint density at radius 2 is 1.86 bits per heavy atom. The Morgan fingerprint density at radius 1 is 1.07 bits per heavy atom. The lowest BCUT2D eigenvalue weighted by atomic mass is 10.2. The van der Waals surface area contributed by atoms with E-state index in [1.54, 1.807) is 29.6 Å². The zero-order chi connectivity index (χ0) is 19.3. The van der Waals surface area contributed by atoms with Gasteiger partial charge in [-0.2, -0.15) is 0 Å². The second kappa shape index (κ2) is 8.98. The highest BCUT2D eigenvalue weighted by molar-refractivity contribution is 7.98. The van der Waals surface area contributed by atoms with Crippen molar-refractivity contribution in [3.8, 4) is 5.69 Å². The van der Waals surface area contributed by atoms with Crippen LogP contribution in [0.25, 0.3) is 5.69 Å². The van der Waals surface area contributed by atoms with Crippen LogP contribution in [-0.2, 0) is 10.5 Å². The number of thioether (sulfide) groups is 2. The van der Waals surface area contributed by atoms with Crippen LogP contribution in [0.5, 0.6) is 0 Å². The van der Waals surface area contributed by atoms with Crippen molar-refractivity contribution in [2.24, 2.45) is 0 Å². The van der Waals surface area contributed by atoms with Crippen LogP contribution in [0.3, 0.4) is 0 Å². The van der Waals surface area contributed by atoms with Crippen LogP contribution in [0.15, 0.2) is 58.6 Å². The fraction of sp³-hybridized carbons (Fsp3) is 0.300. The first-order valence-electron chi connectivity index (χ1n) is 9.04. The van der Waals surface area contributed by atoms with Crippen molar-refractivity contribution in [2.45, 2.75) is 15.8 Å². The summed E-state index contributed by atoms with van der Waals surface area (Å²) in [7, 11) is 0. The van der Waals surface area contributed by atoms with Crippen molar-refractivity contribution in [1.29, 1.82) is 0 Å². The molecule has 0 aliphatic carbocycles. The molecule has 0 spiro atoms. The predicted octanol–water partition coefficient (Wildman–Crippen LogP) is 4.26. The van der Waals surface area contributed by atoms with E-state index in [1.807, 2.05) is 10.6 Å². The normalized spacial score (nSPS) is 14.4. The van der Waals surface area contributed by atoms with Gasteiger partial charge in [0.05, 0.1) is 18.9 Å². The van der Waals surface area contributed by atoms with E-state index in [0.29, 0.717) is 13.2 Å². The lowest BCUT2D eigenvalue weighted by Gasteiger charge is -2.27. The Hall–Kier alpha value is -2.03. The topological polar surface area (TPSA) is 43.2 Å². The molecule has 0 N–H and O–H groups in total. The number of nitrogens with zero attached hydrogens (tertiary/aromatic N) is 4. The number of aromatic nitrogens is 3. The molecule has 1 saturated heterocycles. The molecule has 28 heavy (non-hydrogen) atoms. The smallest absolute Gasteiger partial charge is 0.232 e. The van der Waals surface area contributed by atoms with Gasteiger partial charge in [-0.05, 0) is 42.2 Å². The highest BCUT2D eigenvalue weighted by Crippen LogP contribution is 2.30. The standard InChI is InChI=1S/C20H21FN4OS2/c1-27-18-7-5-15(6-8-18)14-28-20-23-22-19(24-9-11-26-12-10-24)25(20)17-4-2-3-16(21)13-17/h2-8,13H,9-12,14H2,1H3. The Bertz CT molecular complexity index is 926. The molecule has 3 aromatic rings. The molecule has 0 atom stereocenters. The first-order valence-corrected chi connectivity index (χ1v) is 11.3. The minimum atomic E-state index is -0.275. The summed E-state index contributed by atoms with van der Waals surface area (Å²) in [6.45, 7) is 2.79. The molecule has 8 heteroatoms. The lowest BCUT2D eigenvalue weighted by molar-refractivity contribution is 0.122. The third-order valence-electron chi connectivity index (χ3n) is 4.50. The number of halogens is 1. The second-order valence-electron chi connectivity index (χ2n) is 6.33. The molecule has 0 amide bonds. The number of anilines is 1. The van der Waals surface area contributed by atoms with Crippen LogP contribution in [0.1, 0.15) is 5.56 Å². The number of hydrogen-bond acceptors (Lipinski definition) is 6. The zero-order valence-electron chi connectivity index (χ0n) is 15.5. The quantitative estimate of drug-likeness (QED) is 0.560. The number of morpholine rings is 1. The Labute approximate surface area is 172 Å². The molecule has 0 bridgehead atoms. The Morgan fingerprint density at radius 3 is 2.57 bits per heavy atom. The van der Waals surface area contributed by atoms with E-state index in [9.17, 15) is 4.39 Å². The van der Waals surface area contributed by atoms with Gasteiger partial charge in [-0.15, -0.1) is 22.0 Å². The van der Waals surface area contributed by atoms with Gasteiger partial charge in [-0.25, -0.2) is 4.39 Å². The maximum atomic E-state index is 13.9. The summed E-state index contributed by atoms with van der Waals surface area (Å²) in [6.07, 6.45) is 2.07. The largest absolute Gasteiger partial charge is 0.378 e. The van der Waals surface area contributed by atoms with Crippen LogP contribution in [0, 0.1) is 5.82 Å². The van der Waals surface area contributed by atoms with Crippen LogP contribution in [-0.4, -0.2) is 47.3 Å². The molecule has 1 aliphatic heterocycles. The van der Waals surface area contributed by atoms with Crippen molar-refractivity contribution in [2.75, 3.05) is 37.5 Å². The van der Waals surface area contributed by atoms with Gasteiger partial charge in [0, 0.05) is 23.7 Å². The van der Waals surface area contributed by atoms with Gasteiger partial charge in [0.25, 0.3) is 0 Å². The van der Waals surface area contributed by atoms with Crippen molar-refractivity contribution in [3.63, 3.8) is 0 Å². The molecule has 146 valence electrons. The lowest BCUT2D eigenvalue weighted by Crippen LogP contribution is -2.37. The molecule has 5 nitrogen and oxygen atoms in total. The van der Waals surface area contributed by atoms with Gasteiger partial charge >= 0.3 is 0 Å². The molecule has 0 saturated carbocycles. The molecule has 1 fully saturated rings. The minimum absolute atomic E-state index is 0.275. The second-order valence-corrected chi connectivity index (χ2v) is 8.16. The monoisotopic (exact) mass is 416 g/mol. The first kappa shape index (κ1) is 19.3. The molecule has 4 rings (SSSR count). The molecular formula is C20H21FN4OS2.